The Kier molecular flexibility index (Phi) is 4.25. The SMILES string of the molecule is N=NCc1ccc(N(c2ccccc2)c2ccccc2)cc1. The van der Waals surface area contributed by atoms with Crippen molar-refractivity contribution in [1.29, 1.82) is 5.53 Å². The van der Waals surface area contributed by atoms with Crippen LogP contribution in [0.25, 0.3) is 0 Å². The van der Waals surface area contributed by atoms with Crippen molar-refractivity contribution < 1.29 is 0 Å². The summed E-state index contributed by atoms with van der Waals surface area (Å²) in [4.78, 5) is 2.21. The lowest BCUT2D eigenvalue weighted by molar-refractivity contribution is 0.908. The van der Waals surface area contributed by atoms with E-state index >= 15 is 0 Å². The summed E-state index contributed by atoms with van der Waals surface area (Å²) in [6.07, 6.45) is 0. The minimum Gasteiger partial charge on any atom is -0.311 e. The van der Waals surface area contributed by atoms with Gasteiger partial charge in [-0.15, -0.1) is 0 Å². The number of rotatable bonds is 5. The fourth-order valence-corrected chi connectivity index (χ4v) is 2.44. The van der Waals surface area contributed by atoms with Crippen molar-refractivity contribution in [3.05, 3.63) is 90.5 Å². The Morgan fingerprint density at radius 2 is 1.09 bits per heavy atom. The third-order valence-electron chi connectivity index (χ3n) is 3.48. The first-order chi connectivity index (χ1) is 10.9. The number of nitrogens with one attached hydrogen (secondary N) is 1. The first-order valence-electron chi connectivity index (χ1n) is 7.21. The summed E-state index contributed by atoms with van der Waals surface area (Å²) in [5, 5.41) is 3.43. The number of anilines is 3. The van der Waals surface area contributed by atoms with Gasteiger partial charge in [-0.2, -0.15) is 5.11 Å². The van der Waals surface area contributed by atoms with Gasteiger partial charge in [-0.1, -0.05) is 48.5 Å². The summed E-state index contributed by atoms with van der Waals surface area (Å²) in [7, 11) is 0. The standard InChI is InChI=1S/C19H17N3/c20-21-15-16-11-13-19(14-12-16)22(17-7-3-1-4-8-17)18-9-5-2-6-10-18/h1-14,20H,15H2. The number of hydrogen-bond acceptors (Lipinski definition) is 3. The number of para-hydroxylation sites is 2. The molecule has 0 atom stereocenters. The number of nitrogens with zero attached hydrogens (tertiary/aromatic N) is 2. The summed E-state index contributed by atoms with van der Waals surface area (Å²) in [5.41, 5.74) is 11.3. The summed E-state index contributed by atoms with van der Waals surface area (Å²) in [6.45, 7) is 0.428. The molecule has 22 heavy (non-hydrogen) atoms. The average molecular weight is 287 g/mol. The molecule has 108 valence electrons. The van der Waals surface area contributed by atoms with Crippen LogP contribution < -0.4 is 4.90 Å². The number of hydrogen-bond donors (Lipinski definition) is 1. The first kappa shape index (κ1) is 14.0. The molecule has 3 nitrogen and oxygen atoms in total. The largest absolute Gasteiger partial charge is 0.311 e. The molecule has 0 radical (unpaired) electrons. The van der Waals surface area contributed by atoms with Gasteiger partial charge in [0.1, 0.15) is 0 Å². The first-order valence-corrected chi connectivity index (χ1v) is 7.21. The molecule has 0 heterocycles. The molecule has 1 N–H and O–H groups in total. The van der Waals surface area contributed by atoms with E-state index in [1.54, 1.807) is 0 Å². The Bertz CT molecular complexity index is 682. The van der Waals surface area contributed by atoms with Gasteiger partial charge in [-0.3, -0.25) is 0 Å². The molecule has 0 saturated carbocycles. The third kappa shape index (κ3) is 3.04. The van der Waals surface area contributed by atoms with Gasteiger partial charge in [-0.25, -0.2) is 5.53 Å². The van der Waals surface area contributed by atoms with Gasteiger partial charge in [0.15, 0.2) is 0 Å². The van der Waals surface area contributed by atoms with Crippen molar-refractivity contribution in [2.45, 2.75) is 6.54 Å². The lowest BCUT2D eigenvalue weighted by Crippen LogP contribution is -2.09. The summed E-state index contributed by atoms with van der Waals surface area (Å²) < 4.78 is 0. The second-order valence-corrected chi connectivity index (χ2v) is 4.99. The predicted molar refractivity (Wildman–Crippen MR) is 90.0 cm³/mol. The second-order valence-electron chi connectivity index (χ2n) is 4.99. The zero-order chi connectivity index (χ0) is 15.2. The monoisotopic (exact) mass is 287 g/mol. The van der Waals surface area contributed by atoms with Gasteiger partial charge >= 0.3 is 0 Å². The van der Waals surface area contributed by atoms with E-state index in [9.17, 15) is 0 Å². The van der Waals surface area contributed by atoms with Gasteiger partial charge in [0.25, 0.3) is 0 Å². The predicted octanol–water partition coefficient (Wildman–Crippen LogP) is 5.69. The molecule has 0 aromatic heterocycles. The molecule has 0 unspecified atom stereocenters. The van der Waals surface area contributed by atoms with E-state index in [-0.39, 0.29) is 0 Å². The van der Waals surface area contributed by atoms with Crippen molar-refractivity contribution in [2.75, 3.05) is 4.90 Å². The summed E-state index contributed by atoms with van der Waals surface area (Å²) >= 11 is 0. The maximum Gasteiger partial charge on any atom is 0.0846 e. The Morgan fingerprint density at radius 3 is 1.55 bits per heavy atom. The fourth-order valence-electron chi connectivity index (χ4n) is 2.44. The van der Waals surface area contributed by atoms with Crippen LogP contribution in [0.1, 0.15) is 5.56 Å². The molecule has 0 spiro atoms. The Labute approximate surface area is 130 Å². The van der Waals surface area contributed by atoms with Gasteiger partial charge < -0.3 is 4.90 Å². The van der Waals surface area contributed by atoms with Crippen molar-refractivity contribution >= 4 is 17.1 Å². The van der Waals surface area contributed by atoms with E-state index in [2.05, 4.69) is 46.4 Å². The van der Waals surface area contributed by atoms with E-state index < -0.39 is 0 Å². The van der Waals surface area contributed by atoms with Crippen molar-refractivity contribution in [3.63, 3.8) is 0 Å². The maximum absolute atomic E-state index is 6.96. The van der Waals surface area contributed by atoms with Gasteiger partial charge in [-0.05, 0) is 42.0 Å². The molecule has 0 amide bonds. The van der Waals surface area contributed by atoms with Crippen LogP contribution in [0.15, 0.2) is 90.0 Å². The van der Waals surface area contributed by atoms with Crippen molar-refractivity contribution in [2.24, 2.45) is 5.11 Å². The molecule has 0 aliphatic rings. The molecular formula is C19H17N3. The molecule has 0 aliphatic heterocycles. The van der Waals surface area contributed by atoms with Gasteiger partial charge in [0.05, 0.1) is 6.54 Å². The Hall–Kier alpha value is -2.94. The summed E-state index contributed by atoms with van der Waals surface area (Å²) in [5.74, 6) is 0. The normalized spacial score (nSPS) is 10.2. The van der Waals surface area contributed by atoms with Crippen molar-refractivity contribution in [1.82, 2.24) is 0 Å². The average Bonchev–Trinajstić information content (AvgIpc) is 2.59. The highest BCUT2D eigenvalue weighted by Gasteiger charge is 2.11. The van der Waals surface area contributed by atoms with Crippen molar-refractivity contribution in [3.8, 4) is 0 Å². The smallest absolute Gasteiger partial charge is 0.0846 e. The van der Waals surface area contributed by atoms with Gasteiger partial charge in [0, 0.05) is 17.1 Å². The van der Waals surface area contributed by atoms with Crippen LogP contribution in [-0.4, -0.2) is 0 Å². The highest BCUT2D eigenvalue weighted by Crippen LogP contribution is 2.33. The summed E-state index contributed by atoms with van der Waals surface area (Å²) in [6, 6.07) is 28.8. The van der Waals surface area contributed by atoms with Crippen LogP contribution in [-0.2, 0) is 6.54 Å². The van der Waals surface area contributed by atoms with Gasteiger partial charge in [0.2, 0.25) is 0 Å². The third-order valence-corrected chi connectivity index (χ3v) is 3.48. The van der Waals surface area contributed by atoms with E-state index in [1.807, 2.05) is 48.5 Å². The van der Waals surface area contributed by atoms with E-state index in [1.165, 1.54) is 0 Å². The van der Waals surface area contributed by atoms with Crippen LogP contribution in [0.2, 0.25) is 0 Å². The fraction of sp³-hybridized carbons (Fsp3) is 0.0526. The molecule has 3 aromatic carbocycles. The zero-order valence-electron chi connectivity index (χ0n) is 12.2. The second kappa shape index (κ2) is 6.68. The van der Waals surface area contributed by atoms with Crippen LogP contribution in [0.5, 0.6) is 0 Å². The van der Waals surface area contributed by atoms with Crippen LogP contribution >= 0.6 is 0 Å². The molecule has 0 bridgehead atoms. The zero-order valence-corrected chi connectivity index (χ0v) is 12.2. The molecular weight excluding hydrogens is 270 g/mol. The maximum atomic E-state index is 6.96. The Balaban J connectivity index is 2.04. The molecule has 3 aromatic rings. The topological polar surface area (TPSA) is 39.5 Å². The van der Waals surface area contributed by atoms with E-state index in [0.29, 0.717) is 6.54 Å². The lowest BCUT2D eigenvalue weighted by atomic mass is 10.1. The van der Waals surface area contributed by atoms with E-state index in [4.69, 9.17) is 5.53 Å². The minimum atomic E-state index is 0.428. The molecule has 3 heteroatoms. The Morgan fingerprint density at radius 1 is 0.636 bits per heavy atom. The quantitative estimate of drug-likeness (QED) is 0.602. The van der Waals surface area contributed by atoms with E-state index in [0.717, 1.165) is 22.6 Å². The highest BCUT2D eigenvalue weighted by atomic mass is 15.1. The molecule has 3 rings (SSSR count). The molecule has 0 fully saturated rings. The lowest BCUT2D eigenvalue weighted by Gasteiger charge is -2.25. The molecule has 0 saturated heterocycles. The van der Waals surface area contributed by atoms with Crippen LogP contribution in [0.4, 0.5) is 17.1 Å². The number of benzene rings is 3. The highest BCUT2D eigenvalue weighted by molar-refractivity contribution is 5.76. The van der Waals surface area contributed by atoms with Crippen LogP contribution in [0.3, 0.4) is 0 Å². The minimum absolute atomic E-state index is 0.428. The van der Waals surface area contributed by atoms with Crippen LogP contribution in [0, 0.1) is 5.53 Å². The molecule has 0 aliphatic carbocycles.